The monoisotopic (exact) mass is 371 g/mol. The molecule has 1 N–H and O–H groups in total. The fraction of sp³-hybridized carbons (Fsp3) is 0.409. The second kappa shape index (κ2) is 9.09. The SMILES string of the molecule is CC(NC(=O)c1ccc(Cl)cc1)C1CCC(COc2ccccc2)CC1. The highest BCUT2D eigenvalue weighted by atomic mass is 35.5. The van der Waals surface area contributed by atoms with Gasteiger partial charge < -0.3 is 10.1 Å². The minimum atomic E-state index is -0.0244. The Bertz CT molecular complexity index is 694. The number of nitrogens with one attached hydrogen (secondary N) is 1. The summed E-state index contributed by atoms with van der Waals surface area (Å²) in [6.45, 7) is 2.89. The van der Waals surface area contributed by atoms with E-state index in [2.05, 4.69) is 12.2 Å². The van der Waals surface area contributed by atoms with Gasteiger partial charge in [-0.05, 0) is 80.8 Å². The number of benzene rings is 2. The number of halogens is 1. The third kappa shape index (κ3) is 5.25. The first-order chi connectivity index (χ1) is 12.6. The minimum Gasteiger partial charge on any atom is -0.493 e. The highest BCUT2D eigenvalue weighted by Gasteiger charge is 2.26. The van der Waals surface area contributed by atoms with E-state index in [-0.39, 0.29) is 11.9 Å². The zero-order valence-electron chi connectivity index (χ0n) is 15.2. The second-order valence-electron chi connectivity index (χ2n) is 7.17. The summed E-state index contributed by atoms with van der Waals surface area (Å²) in [4.78, 5) is 12.4. The van der Waals surface area contributed by atoms with Gasteiger partial charge in [0.2, 0.25) is 0 Å². The highest BCUT2D eigenvalue weighted by Crippen LogP contribution is 2.31. The van der Waals surface area contributed by atoms with Gasteiger partial charge in [0.1, 0.15) is 5.75 Å². The maximum absolute atomic E-state index is 12.4. The summed E-state index contributed by atoms with van der Waals surface area (Å²) in [7, 11) is 0. The van der Waals surface area contributed by atoms with Crippen LogP contribution in [0.5, 0.6) is 5.75 Å². The van der Waals surface area contributed by atoms with Crippen molar-refractivity contribution in [3.05, 3.63) is 65.2 Å². The number of carbonyl (C=O) groups excluding carboxylic acids is 1. The van der Waals surface area contributed by atoms with Crippen LogP contribution in [0.3, 0.4) is 0 Å². The van der Waals surface area contributed by atoms with E-state index >= 15 is 0 Å². The van der Waals surface area contributed by atoms with Gasteiger partial charge >= 0.3 is 0 Å². The van der Waals surface area contributed by atoms with E-state index in [1.165, 1.54) is 0 Å². The number of para-hydroxylation sites is 1. The maximum atomic E-state index is 12.4. The number of carbonyl (C=O) groups is 1. The average molecular weight is 372 g/mol. The summed E-state index contributed by atoms with van der Waals surface area (Å²) in [5, 5.41) is 3.79. The van der Waals surface area contributed by atoms with Crippen molar-refractivity contribution in [1.82, 2.24) is 5.32 Å². The summed E-state index contributed by atoms with van der Waals surface area (Å²) in [6, 6.07) is 17.2. The standard InChI is InChI=1S/C22H26ClNO2/c1-16(24-22(25)19-11-13-20(23)14-12-19)18-9-7-17(8-10-18)15-26-21-5-3-2-4-6-21/h2-6,11-14,16-18H,7-10,15H2,1H3,(H,24,25). The second-order valence-corrected chi connectivity index (χ2v) is 7.61. The molecule has 0 aromatic heterocycles. The lowest BCUT2D eigenvalue weighted by Crippen LogP contribution is -2.39. The molecule has 4 heteroatoms. The third-order valence-corrected chi connectivity index (χ3v) is 5.54. The summed E-state index contributed by atoms with van der Waals surface area (Å²) in [5.41, 5.74) is 0.659. The molecule has 0 saturated heterocycles. The van der Waals surface area contributed by atoms with E-state index in [0.29, 0.717) is 22.4 Å². The molecule has 1 unspecified atom stereocenters. The Labute approximate surface area is 160 Å². The molecule has 1 aliphatic carbocycles. The normalized spacial score (nSPS) is 21.0. The quantitative estimate of drug-likeness (QED) is 0.743. The number of rotatable bonds is 6. The molecule has 1 fully saturated rings. The van der Waals surface area contributed by atoms with Crippen molar-refractivity contribution in [3.8, 4) is 5.75 Å². The first-order valence-corrected chi connectivity index (χ1v) is 9.74. The van der Waals surface area contributed by atoms with Crippen LogP contribution in [-0.4, -0.2) is 18.6 Å². The van der Waals surface area contributed by atoms with Crippen molar-refractivity contribution in [1.29, 1.82) is 0 Å². The molecular formula is C22H26ClNO2. The van der Waals surface area contributed by atoms with Crippen LogP contribution in [-0.2, 0) is 0 Å². The number of amides is 1. The van der Waals surface area contributed by atoms with Crippen molar-refractivity contribution in [2.45, 2.75) is 38.6 Å². The van der Waals surface area contributed by atoms with E-state index < -0.39 is 0 Å². The molecule has 1 amide bonds. The number of ether oxygens (including phenoxy) is 1. The predicted molar refractivity (Wildman–Crippen MR) is 106 cm³/mol. The summed E-state index contributed by atoms with van der Waals surface area (Å²) >= 11 is 5.88. The third-order valence-electron chi connectivity index (χ3n) is 5.29. The largest absolute Gasteiger partial charge is 0.493 e. The summed E-state index contributed by atoms with van der Waals surface area (Å²) in [6.07, 6.45) is 4.56. The molecule has 3 nitrogen and oxygen atoms in total. The van der Waals surface area contributed by atoms with Crippen LogP contribution in [0.4, 0.5) is 0 Å². The lowest BCUT2D eigenvalue weighted by Gasteiger charge is -2.32. The van der Waals surface area contributed by atoms with Crippen molar-refractivity contribution >= 4 is 17.5 Å². The molecule has 1 aliphatic rings. The molecular weight excluding hydrogens is 346 g/mol. The summed E-state index contributed by atoms with van der Waals surface area (Å²) in [5.74, 6) is 2.05. The van der Waals surface area contributed by atoms with E-state index in [0.717, 1.165) is 38.0 Å². The van der Waals surface area contributed by atoms with Gasteiger partial charge in [-0.1, -0.05) is 29.8 Å². The minimum absolute atomic E-state index is 0.0244. The van der Waals surface area contributed by atoms with Crippen LogP contribution in [0.15, 0.2) is 54.6 Å². The van der Waals surface area contributed by atoms with Gasteiger partial charge in [0.05, 0.1) is 6.61 Å². The van der Waals surface area contributed by atoms with Crippen LogP contribution in [0.25, 0.3) is 0 Å². The molecule has 3 rings (SSSR count). The van der Waals surface area contributed by atoms with Crippen molar-refractivity contribution in [2.24, 2.45) is 11.8 Å². The van der Waals surface area contributed by atoms with Crippen LogP contribution < -0.4 is 10.1 Å². The molecule has 2 aromatic rings. The van der Waals surface area contributed by atoms with Gasteiger partial charge in [-0.15, -0.1) is 0 Å². The predicted octanol–water partition coefficient (Wildman–Crippen LogP) is 5.34. The van der Waals surface area contributed by atoms with Crippen LogP contribution in [0.1, 0.15) is 43.0 Å². The first kappa shape index (κ1) is 18.8. The molecule has 0 radical (unpaired) electrons. The Morgan fingerprint density at radius 1 is 1.08 bits per heavy atom. The van der Waals surface area contributed by atoms with E-state index in [1.807, 2.05) is 30.3 Å². The topological polar surface area (TPSA) is 38.3 Å². The average Bonchev–Trinajstić information content (AvgIpc) is 2.68. The number of hydrogen-bond acceptors (Lipinski definition) is 2. The van der Waals surface area contributed by atoms with Gasteiger partial charge in [0.25, 0.3) is 5.91 Å². The molecule has 0 spiro atoms. The van der Waals surface area contributed by atoms with E-state index in [1.54, 1.807) is 24.3 Å². The van der Waals surface area contributed by atoms with Crippen molar-refractivity contribution in [2.75, 3.05) is 6.61 Å². The molecule has 0 heterocycles. The van der Waals surface area contributed by atoms with Gasteiger partial charge in [0.15, 0.2) is 0 Å². The Morgan fingerprint density at radius 2 is 1.73 bits per heavy atom. The molecule has 1 atom stereocenters. The molecule has 0 aliphatic heterocycles. The zero-order valence-corrected chi connectivity index (χ0v) is 15.9. The van der Waals surface area contributed by atoms with Crippen LogP contribution in [0, 0.1) is 11.8 Å². The fourth-order valence-electron chi connectivity index (χ4n) is 3.59. The number of hydrogen-bond donors (Lipinski definition) is 1. The Morgan fingerprint density at radius 3 is 2.38 bits per heavy atom. The zero-order chi connectivity index (χ0) is 18.4. The highest BCUT2D eigenvalue weighted by molar-refractivity contribution is 6.30. The van der Waals surface area contributed by atoms with Gasteiger partial charge in [-0.2, -0.15) is 0 Å². The van der Waals surface area contributed by atoms with Gasteiger partial charge in [-0.3, -0.25) is 4.79 Å². The maximum Gasteiger partial charge on any atom is 0.251 e. The Balaban J connectivity index is 1.42. The van der Waals surface area contributed by atoms with E-state index in [9.17, 15) is 4.79 Å². The molecule has 2 aromatic carbocycles. The fourth-order valence-corrected chi connectivity index (χ4v) is 3.72. The molecule has 1 saturated carbocycles. The first-order valence-electron chi connectivity index (χ1n) is 9.36. The lowest BCUT2D eigenvalue weighted by atomic mass is 9.79. The smallest absolute Gasteiger partial charge is 0.251 e. The van der Waals surface area contributed by atoms with Crippen molar-refractivity contribution < 1.29 is 9.53 Å². The van der Waals surface area contributed by atoms with Gasteiger partial charge in [0, 0.05) is 16.6 Å². The summed E-state index contributed by atoms with van der Waals surface area (Å²) < 4.78 is 5.89. The lowest BCUT2D eigenvalue weighted by molar-refractivity contribution is 0.0908. The Kier molecular flexibility index (Phi) is 6.56. The van der Waals surface area contributed by atoms with Crippen molar-refractivity contribution in [3.63, 3.8) is 0 Å². The molecule has 138 valence electrons. The van der Waals surface area contributed by atoms with Crippen LogP contribution in [0.2, 0.25) is 5.02 Å². The van der Waals surface area contributed by atoms with Crippen LogP contribution >= 0.6 is 11.6 Å². The molecule has 0 bridgehead atoms. The van der Waals surface area contributed by atoms with E-state index in [4.69, 9.17) is 16.3 Å². The molecule has 26 heavy (non-hydrogen) atoms. The Hall–Kier alpha value is -2.00. The van der Waals surface area contributed by atoms with Gasteiger partial charge in [-0.25, -0.2) is 0 Å².